The van der Waals surface area contributed by atoms with Gasteiger partial charge in [0.1, 0.15) is 0 Å². The van der Waals surface area contributed by atoms with Crippen LogP contribution >= 0.6 is 0 Å². The number of ketones is 1. The predicted molar refractivity (Wildman–Crippen MR) is 59.4 cm³/mol. The molecule has 0 aliphatic heterocycles. The smallest absolute Gasteiger partial charge is 0.154 e. The van der Waals surface area contributed by atoms with Gasteiger partial charge in [-0.2, -0.15) is 0 Å². The molecule has 1 rings (SSSR count). The van der Waals surface area contributed by atoms with E-state index in [1.54, 1.807) is 19.2 Å². The fourth-order valence-electron chi connectivity index (χ4n) is 1.15. The van der Waals surface area contributed by atoms with Crippen LogP contribution in [-0.4, -0.2) is 12.8 Å². The van der Waals surface area contributed by atoms with E-state index in [0.29, 0.717) is 0 Å². The molecule has 0 unspecified atom stereocenters. The topological polar surface area (TPSA) is 20.3 Å². The monoisotopic (exact) mass is 189 g/mol. The van der Waals surface area contributed by atoms with Crippen molar-refractivity contribution in [2.75, 3.05) is 11.9 Å². The number of benzene rings is 1. The highest BCUT2D eigenvalue weighted by molar-refractivity contribution is 5.87. The average Bonchev–Trinajstić information content (AvgIpc) is 2.14. The van der Waals surface area contributed by atoms with Crippen LogP contribution in [-0.2, 0) is 4.79 Å². The van der Waals surface area contributed by atoms with Crippen molar-refractivity contribution >= 4 is 11.5 Å². The van der Waals surface area contributed by atoms with E-state index in [1.807, 2.05) is 37.1 Å². The van der Waals surface area contributed by atoms with Gasteiger partial charge in [0.05, 0.1) is 0 Å². The standard InChI is InChI=1S/C12H15NO/c1-10-5-4-6-12(9-10)13(3)8-7-11(2)14/h4-9H,1-3H3/b8-7+. The van der Waals surface area contributed by atoms with Crippen molar-refractivity contribution in [2.45, 2.75) is 13.8 Å². The summed E-state index contributed by atoms with van der Waals surface area (Å²) in [4.78, 5) is 12.7. The lowest BCUT2D eigenvalue weighted by Gasteiger charge is -2.14. The maximum absolute atomic E-state index is 10.7. The number of carbonyl (C=O) groups is 1. The van der Waals surface area contributed by atoms with E-state index in [0.717, 1.165) is 5.69 Å². The Balaban J connectivity index is 2.79. The number of hydrogen-bond donors (Lipinski definition) is 0. The lowest BCUT2D eigenvalue weighted by Crippen LogP contribution is -2.08. The molecule has 0 radical (unpaired) electrons. The molecule has 0 amide bonds. The molecule has 0 saturated carbocycles. The first kappa shape index (κ1) is 10.5. The molecule has 0 spiro atoms. The van der Waals surface area contributed by atoms with Crippen LogP contribution in [0.1, 0.15) is 12.5 Å². The summed E-state index contributed by atoms with van der Waals surface area (Å²) < 4.78 is 0. The van der Waals surface area contributed by atoms with Crippen LogP contribution in [0.3, 0.4) is 0 Å². The first-order chi connectivity index (χ1) is 6.59. The molecule has 0 aromatic heterocycles. The van der Waals surface area contributed by atoms with Gasteiger partial charge in [0.25, 0.3) is 0 Å². The molecule has 0 aliphatic carbocycles. The van der Waals surface area contributed by atoms with Gasteiger partial charge in [0, 0.05) is 18.9 Å². The zero-order valence-corrected chi connectivity index (χ0v) is 8.82. The number of nitrogens with zero attached hydrogens (tertiary/aromatic N) is 1. The third kappa shape index (κ3) is 3.05. The summed E-state index contributed by atoms with van der Waals surface area (Å²) in [6, 6.07) is 8.14. The second kappa shape index (κ2) is 4.61. The highest BCUT2D eigenvalue weighted by Gasteiger charge is 1.96. The maximum Gasteiger partial charge on any atom is 0.154 e. The summed E-state index contributed by atoms with van der Waals surface area (Å²) in [7, 11) is 1.92. The van der Waals surface area contributed by atoms with E-state index >= 15 is 0 Å². The summed E-state index contributed by atoms with van der Waals surface area (Å²) >= 11 is 0. The van der Waals surface area contributed by atoms with E-state index in [2.05, 4.69) is 6.07 Å². The predicted octanol–water partition coefficient (Wildman–Crippen LogP) is 2.53. The average molecular weight is 189 g/mol. The zero-order valence-electron chi connectivity index (χ0n) is 8.82. The lowest BCUT2D eigenvalue weighted by molar-refractivity contribution is -0.112. The Hall–Kier alpha value is -1.57. The second-order valence-electron chi connectivity index (χ2n) is 3.38. The Morgan fingerprint density at radius 2 is 2.14 bits per heavy atom. The van der Waals surface area contributed by atoms with E-state index in [-0.39, 0.29) is 5.78 Å². The van der Waals surface area contributed by atoms with Crippen LogP contribution in [0, 0.1) is 6.92 Å². The van der Waals surface area contributed by atoms with E-state index in [1.165, 1.54) is 5.56 Å². The van der Waals surface area contributed by atoms with Gasteiger partial charge in [0.2, 0.25) is 0 Å². The van der Waals surface area contributed by atoms with Crippen molar-refractivity contribution in [2.24, 2.45) is 0 Å². The number of carbonyl (C=O) groups excluding carboxylic acids is 1. The van der Waals surface area contributed by atoms with Gasteiger partial charge in [-0.3, -0.25) is 4.79 Å². The van der Waals surface area contributed by atoms with Gasteiger partial charge >= 0.3 is 0 Å². The van der Waals surface area contributed by atoms with Crippen molar-refractivity contribution in [3.05, 3.63) is 42.1 Å². The third-order valence-corrected chi connectivity index (χ3v) is 1.94. The summed E-state index contributed by atoms with van der Waals surface area (Å²) in [5.41, 5.74) is 2.30. The molecule has 0 atom stereocenters. The van der Waals surface area contributed by atoms with E-state index in [9.17, 15) is 4.79 Å². The highest BCUT2D eigenvalue weighted by atomic mass is 16.1. The summed E-state index contributed by atoms with van der Waals surface area (Å²) in [6.07, 6.45) is 3.33. The molecule has 0 heterocycles. The summed E-state index contributed by atoms with van der Waals surface area (Å²) in [5, 5.41) is 0. The second-order valence-corrected chi connectivity index (χ2v) is 3.38. The SMILES string of the molecule is CC(=O)/C=C/N(C)c1cccc(C)c1. The van der Waals surface area contributed by atoms with Gasteiger partial charge in [0.15, 0.2) is 5.78 Å². The lowest BCUT2D eigenvalue weighted by atomic mass is 10.2. The quantitative estimate of drug-likeness (QED) is 0.681. The van der Waals surface area contributed by atoms with Gasteiger partial charge in [-0.1, -0.05) is 12.1 Å². The molecule has 0 bridgehead atoms. The maximum atomic E-state index is 10.7. The minimum Gasteiger partial charge on any atom is -0.351 e. The molecule has 0 saturated heterocycles. The van der Waals surface area contributed by atoms with Crippen LogP contribution in [0.15, 0.2) is 36.5 Å². The number of aryl methyl sites for hydroxylation is 1. The first-order valence-electron chi connectivity index (χ1n) is 4.58. The van der Waals surface area contributed by atoms with E-state index in [4.69, 9.17) is 0 Å². The fourth-order valence-corrected chi connectivity index (χ4v) is 1.15. The van der Waals surface area contributed by atoms with Gasteiger partial charge in [-0.15, -0.1) is 0 Å². The Morgan fingerprint density at radius 1 is 1.43 bits per heavy atom. The molecular weight excluding hydrogens is 174 g/mol. The van der Waals surface area contributed by atoms with Crippen molar-refractivity contribution in [3.8, 4) is 0 Å². The van der Waals surface area contributed by atoms with E-state index < -0.39 is 0 Å². The number of allylic oxidation sites excluding steroid dienone is 1. The molecule has 74 valence electrons. The van der Waals surface area contributed by atoms with Gasteiger partial charge in [-0.05, 0) is 37.6 Å². The van der Waals surface area contributed by atoms with Crippen LogP contribution in [0.2, 0.25) is 0 Å². The highest BCUT2D eigenvalue weighted by Crippen LogP contribution is 2.14. The normalized spacial score (nSPS) is 10.5. The Bertz CT molecular complexity index is 355. The Kier molecular flexibility index (Phi) is 3.46. The van der Waals surface area contributed by atoms with Crippen molar-refractivity contribution < 1.29 is 4.79 Å². The minimum atomic E-state index is 0.0597. The zero-order chi connectivity index (χ0) is 10.6. The first-order valence-corrected chi connectivity index (χ1v) is 4.58. The molecule has 14 heavy (non-hydrogen) atoms. The molecule has 1 aromatic rings. The molecule has 2 nitrogen and oxygen atoms in total. The molecule has 2 heteroatoms. The number of rotatable bonds is 3. The molecule has 0 N–H and O–H groups in total. The summed E-state index contributed by atoms with van der Waals surface area (Å²) in [6.45, 7) is 3.59. The van der Waals surface area contributed by atoms with Crippen molar-refractivity contribution in [1.29, 1.82) is 0 Å². The Labute approximate surface area is 84.9 Å². The number of anilines is 1. The minimum absolute atomic E-state index is 0.0597. The molecule has 0 fully saturated rings. The molecular formula is C12H15NO. The van der Waals surface area contributed by atoms with Crippen LogP contribution in [0.25, 0.3) is 0 Å². The van der Waals surface area contributed by atoms with Crippen molar-refractivity contribution in [3.63, 3.8) is 0 Å². The molecule has 1 aromatic carbocycles. The van der Waals surface area contributed by atoms with Crippen LogP contribution in [0.5, 0.6) is 0 Å². The van der Waals surface area contributed by atoms with Gasteiger partial charge < -0.3 is 4.90 Å². The summed E-state index contributed by atoms with van der Waals surface area (Å²) in [5.74, 6) is 0.0597. The Morgan fingerprint density at radius 3 is 2.71 bits per heavy atom. The number of hydrogen-bond acceptors (Lipinski definition) is 2. The third-order valence-electron chi connectivity index (χ3n) is 1.94. The fraction of sp³-hybridized carbons (Fsp3) is 0.250. The largest absolute Gasteiger partial charge is 0.351 e. The van der Waals surface area contributed by atoms with Gasteiger partial charge in [-0.25, -0.2) is 0 Å². The van der Waals surface area contributed by atoms with Crippen LogP contribution < -0.4 is 4.90 Å². The van der Waals surface area contributed by atoms with Crippen LogP contribution in [0.4, 0.5) is 5.69 Å². The molecule has 0 aliphatic rings. The van der Waals surface area contributed by atoms with Crippen molar-refractivity contribution in [1.82, 2.24) is 0 Å².